The van der Waals surface area contributed by atoms with Gasteiger partial charge in [-0.3, -0.25) is 4.79 Å². The van der Waals surface area contributed by atoms with E-state index in [1.54, 1.807) is 11.8 Å². The lowest BCUT2D eigenvalue weighted by molar-refractivity contribution is -0.123. The molecule has 0 aliphatic carbocycles. The number of hydrogen-bond acceptors (Lipinski definition) is 4. The normalized spacial score (nSPS) is 23.1. The van der Waals surface area contributed by atoms with Gasteiger partial charge < -0.3 is 15.4 Å². The van der Waals surface area contributed by atoms with Gasteiger partial charge in [-0.25, -0.2) is 0 Å². The fourth-order valence-electron chi connectivity index (χ4n) is 2.61. The molecule has 0 fully saturated rings. The van der Waals surface area contributed by atoms with Crippen molar-refractivity contribution in [2.45, 2.75) is 16.2 Å². The molecule has 1 amide bonds. The van der Waals surface area contributed by atoms with Crippen molar-refractivity contribution in [2.24, 2.45) is 0 Å². The van der Waals surface area contributed by atoms with Gasteiger partial charge in [0.25, 0.3) is 5.91 Å². The van der Waals surface area contributed by atoms with Crippen LogP contribution in [0.25, 0.3) is 0 Å². The van der Waals surface area contributed by atoms with E-state index < -0.39 is 6.10 Å². The summed E-state index contributed by atoms with van der Waals surface area (Å²) >= 11 is 1.69. The molecule has 4 nitrogen and oxygen atoms in total. The van der Waals surface area contributed by atoms with Crippen LogP contribution in [0.3, 0.4) is 0 Å². The van der Waals surface area contributed by atoms with Gasteiger partial charge in [0.2, 0.25) is 0 Å². The highest BCUT2D eigenvalue weighted by molar-refractivity contribution is 8.00. The zero-order valence-corrected chi connectivity index (χ0v) is 12.0. The van der Waals surface area contributed by atoms with Gasteiger partial charge in [-0.1, -0.05) is 24.3 Å². The van der Waals surface area contributed by atoms with Crippen molar-refractivity contribution in [2.75, 3.05) is 17.2 Å². The maximum Gasteiger partial charge on any atom is 0.266 e. The molecule has 0 saturated heterocycles. The van der Waals surface area contributed by atoms with Gasteiger partial charge in [0.05, 0.1) is 10.9 Å². The van der Waals surface area contributed by atoms with Crippen molar-refractivity contribution in [3.8, 4) is 5.75 Å². The first-order valence-electron chi connectivity index (χ1n) is 6.87. The molecule has 21 heavy (non-hydrogen) atoms. The standard InChI is InChI=1S/C16H14N2O2S/c19-16-15(20-12-7-3-1-5-10(12)18-16)14-9-17-11-6-2-4-8-13(11)21-14/h1-8,14-15,17H,9H2,(H,18,19). The SMILES string of the molecule is O=C1Nc2ccccc2OC1C1CNc2ccccc2S1. The van der Waals surface area contributed by atoms with Crippen molar-refractivity contribution < 1.29 is 9.53 Å². The molecule has 2 aromatic rings. The van der Waals surface area contributed by atoms with Crippen LogP contribution in [0.4, 0.5) is 11.4 Å². The number of nitrogens with one attached hydrogen (secondary N) is 2. The Balaban J connectivity index is 1.59. The van der Waals surface area contributed by atoms with Crippen LogP contribution >= 0.6 is 11.8 Å². The van der Waals surface area contributed by atoms with Crippen LogP contribution in [0.1, 0.15) is 0 Å². The van der Waals surface area contributed by atoms with Crippen LogP contribution in [0, 0.1) is 0 Å². The Morgan fingerprint density at radius 2 is 1.81 bits per heavy atom. The first kappa shape index (κ1) is 12.6. The quantitative estimate of drug-likeness (QED) is 0.850. The predicted octanol–water partition coefficient (Wildman–Crippen LogP) is 2.97. The molecule has 2 N–H and O–H groups in total. The number of thioether (sulfide) groups is 1. The number of benzene rings is 2. The number of carbonyl (C=O) groups is 1. The van der Waals surface area contributed by atoms with Gasteiger partial charge in [-0.15, -0.1) is 11.8 Å². The first-order chi connectivity index (χ1) is 10.3. The molecule has 0 bridgehead atoms. The maximum absolute atomic E-state index is 12.3. The fraction of sp³-hybridized carbons (Fsp3) is 0.188. The molecular formula is C16H14N2O2S. The minimum absolute atomic E-state index is 0.0493. The van der Waals surface area contributed by atoms with Crippen LogP contribution in [0.5, 0.6) is 5.75 Å². The maximum atomic E-state index is 12.3. The van der Waals surface area contributed by atoms with Crippen LogP contribution in [0.15, 0.2) is 53.4 Å². The van der Waals surface area contributed by atoms with E-state index in [4.69, 9.17) is 4.74 Å². The number of fused-ring (bicyclic) bond motifs is 2. The van der Waals surface area contributed by atoms with Crippen molar-refractivity contribution in [1.29, 1.82) is 0 Å². The number of rotatable bonds is 1. The molecule has 0 spiro atoms. The largest absolute Gasteiger partial charge is 0.477 e. The molecule has 0 aromatic heterocycles. The van der Waals surface area contributed by atoms with Crippen molar-refractivity contribution in [1.82, 2.24) is 0 Å². The van der Waals surface area contributed by atoms with Crippen LogP contribution in [0.2, 0.25) is 0 Å². The third-order valence-corrected chi connectivity index (χ3v) is 4.98. The molecule has 2 aromatic carbocycles. The van der Waals surface area contributed by atoms with Gasteiger partial charge >= 0.3 is 0 Å². The summed E-state index contributed by atoms with van der Waals surface area (Å²) < 4.78 is 5.93. The number of hydrogen-bond donors (Lipinski definition) is 2. The molecule has 4 rings (SSSR count). The molecule has 5 heteroatoms. The number of ether oxygens (including phenoxy) is 1. The van der Waals surface area contributed by atoms with Crippen molar-refractivity contribution in [3.63, 3.8) is 0 Å². The third kappa shape index (κ3) is 2.23. The van der Waals surface area contributed by atoms with Crippen molar-refractivity contribution >= 4 is 29.0 Å². The van der Waals surface area contributed by atoms with E-state index in [0.29, 0.717) is 6.54 Å². The zero-order chi connectivity index (χ0) is 14.2. The Morgan fingerprint density at radius 3 is 2.71 bits per heavy atom. The lowest BCUT2D eigenvalue weighted by Gasteiger charge is -2.34. The Hall–Kier alpha value is -2.14. The van der Waals surface area contributed by atoms with E-state index in [2.05, 4.69) is 22.8 Å². The van der Waals surface area contributed by atoms with Gasteiger partial charge in [-0.05, 0) is 24.3 Å². The summed E-state index contributed by atoms with van der Waals surface area (Å²) in [7, 11) is 0. The molecule has 2 aliphatic heterocycles. The molecule has 2 heterocycles. The van der Waals surface area contributed by atoms with E-state index in [0.717, 1.165) is 22.0 Å². The molecule has 2 aliphatic rings. The summed E-state index contributed by atoms with van der Waals surface area (Å²) in [6, 6.07) is 15.7. The molecule has 2 unspecified atom stereocenters. The highest BCUT2D eigenvalue weighted by Gasteiger charge is 2.37. The molecule has 0 saturated carbocycles. The summed E-state index contributed by atoms with van der Waals surface area (Å²) in [6.07, 6.45) is -0.481. The van der Waals surface area contributed by atoms with Gasteiger partial charge in [0, 0.05) is 17.1 Å². The average Bonchev–Trinajstić information content (AvgIpc) is 2.54. The second kappa shape index (κ2) is 5.00. The highest BCUT2D eigenvalue weighted by atomic mass is 32.2. The molecule has 0 radical (unpaired) electrons. The van der Waals surface area contributed by atoms with Gasteiger partial charge in [0.15, 0.2) is 6.10 Å². The van der Waals surface area contributed by atoms with E-state index in [1.807, 2.05) is 36.4 Å². The summed E-state index contributed by atoms with van der Waals surface area (Å²) in [5, 5.41) is 6.35. The second-order valence-corrected chi connectivity index (χ2v) is 6.34. The Kier molecular flexibility index (Phi) is 3.00. The molecule has 106 valence electrons. The zero-order valence-electron chi connectivity index (χ0n) is 11.2. The number of para-hydroxylation sites is 3. The van der Waals surface area contributed by atoms with E-state index in [1.165, 1.54) is 0 Å². The van der Waals surface area contributed by atoms with Crippen LogP contribution < -0.4 is 15.4 Å². The number of amides is 1. The smallest absolute Gasteiger partial charge is 0.266 e. The summed E-state index contributed by atoms with van der Waals surface area (Å²) in [6.45, 7) is 0.710. The monoisotopic (exact) mass is 298 g/mol. The Morgan fingerprint density at radius 1 is 1.05 bits per heavy atom. The topological polar surface area (TPSA) is 50.4 Å². The fourth-order valence-corrected chi connectivity index (χ4v) is 3.83. The van der Waals surface area contributed by atoms with Crippen LogP contribution in [-0.4, -0.2) is 23.8 Å². The molecule has 2 atom stereocenters. The summed E-state index contributed by atoms with van der Waals surface area (Å²) in [4.78, 5) is 13.4. The van der Waals surface area contributed by atoms with Gasteiger partial charge in [-0.2, -0.15) is 0 Å². The van der Waals surface area contributed by atoms with E-state index in [9.17, 15) is 4.79 Å². The minimum Gasteiger partial charge on any atom is -0.477 e. The minimum atomic E-state index is -0.481. The first-order valence-corrected chi connectivity index (χ1v) is 7.75. The summed E-state index contributed by atoms with van der Waals surface area (Å²) in [5.74, 6) is 0.661. The van der Waals surface area contributed by atoms with E-state index >= 15 is 0 Å². The number of carbonyl (C=O) groups excluding carboxylic acids is 1. The predicted molar refractivity (Wildman–Crippen MR) is 84.1 cm³/mol. The summed E-state index contributed by atoms with van der Waals surface area (Å²) in [5.41, 5.74) is 1.86. The van der Waals surface area contributed by atoms with Crippen LogP contribution in [-0.2, 0) is 4.79 Å². The lowest BCUT2D eigenvalue weighted by Crippen LogP contribution is -2.47. The second-order valence-electron chi connectivity index (χ2n) is 5.06. The van der Waals surface area contributed by atoms with E-state index in [-0.39, 0.29) is 11.2 Å². The lowest BCUT2D eigenvalue weighted by atomic mass is 10.1. The third-order valence-electron chi connectivity index (χ3n) is 3.65. The number of anilines is 2. The average molecular weight is 298 g/mol. The Bertz CT molecular complexity index is 704. The van der Waals surface area contributed by atoms with Crippen molar-refractivity contribution in [3.05, 3.63) is 48.5 Å². The Labute approximate surface area is 126 Å². The van der Waals surface area contributed by atoms with Gasteiger partial charge in [0.1, 0.15) is 5.75 Å². The molecular weight excluding hydrogens is 284 g/mol. The highest BCUT2D eigenvalue weighted by Crippen LogP contribution is 2.39.